The van der Waals surface area contributed by atoms with Crippen molar-refractivity contribution in [1.29, 1.82) is 0 Å². The molecule has 1 saturated heterocycles. The minimum atomic E-state index is -1.27. The van der Waals surface area contributed by atoms with Crippen LogP contribution in [0.15, 0.2) is 30.0 Å². The fourth-order valence-corrected chi connectivity index (χ4v) is 4.40. The number of aliphatic hydroxyl groups excluding tert-OH is 1. The van der Waals surface area contributed by atoms with Crippen LogP contribution in [-0.4, -0.2) is 64.7 Å². The number of carboxylic acids is 1. The van der Waals surface area contributed by atoms with Gasteiger partial charge in [0, 0.05) is 13.0 Å². The van der Waals surface area contributed by atoms with E-state index in [1.165, 1.54) is 11.8 Å². The molecule has 4 atom stereocenters. The summed E-state index contributed by atoms with van der Waals surface area (Å²) >= 11 is 0. The van der Waals surface area contributed by atoms with E-state index in [1.54, 1.807) is 52.1 Å². The maximum atomic E-state index is 12.7. The summed E-state index contributed by atoms with van der Waals surface area (Å²) in [6.45, 7) is 6.51. The summed E-state index contributed by atoms with van der Waals surface area (Å²) in [4.78, 5) is 50.2. The van der Waals surface area contributed by atoms with Crippen LogP contribution in [0.5, 0.6) is 0 Å². The van der Waals surface area contributed by atoms with Crippen LogP contribution in [0.25, 0.3) is 5.57 Å². The van der Waals surface area contributed by atoms with Crippen molar-refractivity contribution in [2.45, 2.75) is 46.3 Å². The van der Waals surface area contributed by atoms with Crippen LogP contribution in [0.3, 0.4) is 0 Å². The highest BCUT2D eigenvalue weighted by Crippen LogP contribution is 2.50. The Kier molecular flexibility index (Phi) is 6.65. The van der Waals surface area contributed by atoms with Crippen LogP contribution in [0, 0.1) is 17.3 Å². The maximum Gasteiger partial charge on any atom is 0.352 e. The third kappa shape index (κ3) is 4.50. The van der Waals surface area contributed by atoms with Gasteiger partial charge >= 0.3 is 11.9 Å². The largest absolute Gasteiger partial charge is 0.477 e. The SMILES string of the molecule is CNC(=O)Cc1ccc(C2=C(C(=O)O)N3C(=O)[C@H]([C@@H](C)O)[C@H]3C2COC(=O)C(C)(C)C)cc1. The minimum absolute atomic E-state index is 0.125. The van der Waals surface area contributed by atoms with Crippen molar-refractivity contribution in [2.24, 2.45) is 17.3 Å². The number of carbonyl (C=O) groups is 4. The van der Waals surface area contributed by atoms with E-state index in [4.69, 9.17) is 4.74 Å². The summed E-state index contributed by atoms with van der Waals surface area (Å²) < 4.78 is 5.54. The number of ether oxygens (including phenoxy) is 1. The Labute approximate surface area is 192 Å². The molecule has 3 N–H and O–H groups in total. The average Bonchev–Trinajstić information content (AvgIpc) is 3.01. The van der Waals surface area contributed by atoms with E-state index in [1.807, 2.05) is 0 Å². The molecule has 0 spiro atoms. The summed E-state index contributed by atoms with van der Waals surface area (Å²) in [5.74, 6) is -3.75. The van der Waals surface area contributed by atoms with E-state index in [0.717, 1.165) is 5.56 Å². The molecule has 1 aromatic rings. The van der Waals surface area contributed by atoms with Crippen molar-refractivity contribution >= 4 is 29.3 Å². The molecule has 3 rings (SSSR count). The second-order valence-corrected chi connectivity index (χ2v) is 9.53. The fraction of sp³-hybridized carbons (Fsp3) is 0.500. The van der Waals surface area contributed by atoms with Crippen LogP contribution in [0.1, 0.15) is 38.8 Å². The molecular formula is C24H30N2O7. The number of aliphatic carboxylic acids is 1. The molecule has 2 aliphatic rings. The highest BCUT2D eigenvalue weighted by atomic mass is 16.5. The van der Waals surface area contributed by atoms with Gasteiger partial charge in [-0.15, -0.1) is 0 Å². The molecule has 2 amide bonds. The number of carbonyl (C=O) groups excluding carboxylic acids is 3. The maximum absolute atomic E-state index is 12.7. The summed E-state index contributed by atoms with van der Waals surface area (Å²) in [5.41, 5.74) is 0.746. The van der Waals surface area contributed by atoms with Gasteiger partial charge in [0.25, 0.3) is 0 Å². The Morgan fingerprint density at radius 2 is 1.79 bits per heavy atom. The Morgan fingerprint density at radius 1 is 1.18 bits per heavy atom. The standard InChI is InChI=1S/C24H30N2O7/c1-12(27)17-19-15(11-33-23(32)24(2,3)4)18(20(22(30)31)26(19)21(17)29)14-8-6-13(7-9-14)10-16(28)25-5/h6-9,12,15,17,19,27H,10-11H2,1-5H3,(H,25,28)(H,30,31)/t12-,15?,17-,19-/m1/s1. The van der Waals surface area contributed by atoms with Crippen LogP contribution < -0.4 is 5.32 Å². The number of fused-ring (bicyclic) bond motifs is 1. The first kappa shape index (κ1) is 24.4. The number of hydrogen-bond acceptors (Lipinski definition) is 6. The van der Waals surface area contributed by atoms with E-state index >= 15 is 0 Å². The van der Waals surface area contributed by atoms with Crippen molar-refractivity contribution in [3.63, 3.8) is 0 Å². The highest BCUT2D eigenvalue weighted by molar-refractivity contribution is 6.06. The number of β-lactam (4-membered cyclic amide) rings is 1. The smallest absolute Gasteiger partial charge is 0.352 e. The predicted octanol–water partition coefficient (Wildman–Crippen LogP) is 1.20. The monoisotopic (exact) mass is 458 g/mol. The number of amides is 2. The van der Waals surface area contributed by atoms with Gasteiger partial charge in [-0.1, -0.05) is 24.3 Å². The molecule has 1 fully saturated rings. The Morgan fingerprint density at radius 3 is 2.27 bits per heavy atom. The van der Waals surface area contributed by atoms with Crippen LogP contribution in [0.2, 0.25) is 0 Å². The second kappa shape index (κ2) is 8.97. The van der Waals surface area contributed by atoms with Gasteiger partial charge in [-0.25, -0.2) is 4.79 Å². The molecule has 9 nitrogen and oxygen atoms in total. The summed E-state index contributed by atoms with van der Waals surface area (Å²) in [6.07, 6.45) is -0.810. The lowest BCUT2D eigenvalue weighted by molar-refractivity contribution is -0.166. The predicted molar refractivity (Wildman–Crippen MR) is 118 cm³/mol. The molecule has 1 unspecified atom stereocenters. The molecule has 0 radical (unpaired) electrons. The molecule has 1 aromatic carbocycles. The number of esters is 1. The normalized spacial score (nSPS) is 23.0. The van der Waals surface area contributed by atoms with Crippen molar-refractivity contribution in [3.8, 4) is 0 Å². The minimum Gasteiger partial charge on any atom is -0.477 e. The van der Waals surface area contributed by atoms with Crippen molar-refractivity contribution in [3.05, 3.63) is 41.1 Å². The molecule has 0 bridgehead atoms. The number of likely N-dealkylation sites (N-methyl/N-ethyl adjacent to an activating group) is 1. The number of nitrogens with one attached hydrogen (secondary N) is 1. The topological polar surface area (TPSA) is 133 Å². The van der Waals surface area contributed by atoms with E-state index < -0.39 is 47.2 Å². The molecule has 2 heterocycles. The Balaban J connectivity index is 2.02. The molecule has 0 saturated carbocycles. The van der Waals surface area contributed by atoms with E-state index in [9.17, 15) is 29.4 Å². The zero-order valence-corrected chi connectivity index (χ0v) is 19.4. The van der Waals surface area contributed by atoms with Crippen LogP contribution in [0.4, 0.5) is 0 Å². The molecular weight excluding hydrogens is 428 g/mol. The third-order valence-electron chi connectivity index (χ3n) is 6.10. The van der Waals surface area contributed by atoms with Crippen molar-refractivity contribution in [2.75, 3.05) is 13.7 Å². The number of aliphatic hydroxyl groups is 1. The molecule has 178 valence electrons. The number of nitrogens with zero attached hydrogens (tertiary/aromatic N) is 1. The van der Waals surface area contributed by atoms with Crippen LogP contribution in [-0.2, 0) is 30.3 Å². The Hall–Kier alpha value is -3.20. The first-order valence-corrected chi connectivity index (χ1v) is 10.8. The van der Waals surface area contributed by atoms with E-state index in [2.05, 4.69) is 5.32 Å². The van der Waals surface area contributed by atoms with Gasteiger partial charge < -0.3 is 25.2 Å². The third-order valence-corrected chi connectivity index (χ3v) is 6.10. The fourth-order valence-electron chi connectivity index (χ4n) is 4.40. The quantitative estimate of drug-likeness (QED) is 0.413. The molecule has 9 heteroatoms. The number of rotatable bonds is 7. The van der Waals surface area contributed by atoms with Gasteiger partial charge in [-0.2, -0.15) is 0 Å². The molecule has 0 aliphatic carbocycles. The first-order valence-electron chi connectivity index (χ1n) is 10.8. The van der Waals surface area contributed by atoms with Gasteiger partial charge in [0.1, 0.15) is 12.3 Å². The Bertz CT molecular complexity index is 1000. The summed E-state index contributed by atoms with van der Waals surface area (Å²) in [7, 11) is 1.54. The first-order chi connectivity index (χ1) is 15.4. The van der Waals surface area contributed by atoms with E-state index in [-0.39, 0.29) is 24.6 Å². The van der Waals surface area contributed by atoms with Gasteiger partial charge in [0.05, 0.1) is 29.9 Å². The number of carboxylic acid groups (broad SMARTS) is 1. The number of hydrogen-bond donors (Lipinski definition) is 3. The lowest BCUT2D eigenvalue weighted by atomic mass is 9.76. The lowest BCUT2D eigenvalue weighted by Crippen LogP contribution is -2.64. The zero-order chi connectivity index (χ0) is 24.7. The lowest BCUT2D eigenvalue weighted by Gasteiger charge is -2.46. The molecule has 2 aliphatic heterocycles. The van der Waals surface area contributed by atoms with Crippen molar-refractivity contribution in [1.82, 2.24) is 10.2 Å². The number of benzene rings is 1. The van der Waals surface area contributed by atoms with Gasteiger partial charge in [-0.05, 0) is 44.4 Å². The van der Waals surface area contributed by atoms with Gasteiger partial charge in [0.15, 0.2) is 0 Å². The van der Waals surface area contributed by atoms with Crippen molar-refractivity contribution < 1.29 is 34.1 Å². The van der Waals surface area contributed by atoms with Crippen LogP contribution >= 0.6 is 0 Å². The van der Waals surface area contributed by atoms with Gasteiger partial charge in [0.2, 0.25) is 11.8 Å². The average molecular weight is 459 g/mol. The van der Waals surface area contributed by atoms with E-state index in [0.29, 0.717) is 11.1 Å². The summed E-state index contributed by atoms with van der Waals surface area (Å²) in [5, 5.41) is 22.7. The second-order valence-electron chi connectivity index (χ2n) is 9.53. The molecule has 0 aromatic heterocycles. The van der Waals surface area contributed by atoms with Gasteiger partial charge in [-0.3, -0.25) is 14.4 Å². The zero-order valence-electron chi connectivity index (χ0n) is 19.4. The molecule has 33 heavy (non-hydrogen) atoms. The highest BCUT2D eigenvalue weighted by Gasteiger charge is 2.61. The summed E-state index contributed by atoms with van der Waals surface area (Å²) in [6, 6.07) is 6.21.